The van der Waals surface area contributed by atoms with Crippen molar-refractivity contribution in [3.63, 3.8) is 0 Å². The summed E-state index contributed by atoms with van der Waals surface area (Å²) in [5.41, 5.74) is 2.88. The summed E-state index contributed by atoms with van der Waals surface area (Å²) < 4.78 is 0. The number of aryl methyl sites for hydroxylation is 1. The zero-order valence-corrected chi connectivity index (χ0v) is 17.8. The molecule has 2 N–H and O–H groups in total. The molecule has 1 aromatic heterocycles. The SMILES string of the molecule is CNC(=O)c1ccc(C)c(N2CC(=O)Nc3c(N(C)CC(C)(C)C)ncnc32)c1. The van der Waals surface area contributed by atoms with Crippen LogP contribution in [0.2, 0.25) is 0 Å². The van der Waals surface area contributed by atoms with Gasteiger partial charge in [-0.15, -0.1) is 0 Å². The number of aromatic nitrogens is 2. The average Bonchev–Trinajstić information content (AvgIpc) is 2.65. The van der Waals surface area contributed by atoms with E-state index >= 15 is 0 Å². The minimum atomic E-state index is -0.179. The van der Waals surface area contributed by atoms with Crippen molar-refractivity contribution in [2.45, 2.75) is 27.7 Å². The van der Waals surface area contributed by atoms with Crippen LogP contribution in [0.25, 0.3) is 0 Å². The number of carbonyl (C=O) groups excluding carboxylic acids is 2. The first-order valence-corrected chi connectivity index (χ1v) is 9.57. The quantitative estimate of drug-likeness (QED) is 0.826. The standard InChI is InChI=1S/C21H28N6O2/c1-13-7-8-14(20(29)22-5)9-15(13)27-10-16(28)25-17-18(23-12-24-19(17)27)26(6)11-21(2,3)4/h7-9,12H,10-11H2,1-6H3,(H,22,29)(H,25,28). The van der Waals surface area contributed by atoms with Crippen LogP contribution in [-0.4, -0.2) is 49.0 Å². The van der Waals surface area contributed by atoms with Gasteiger partial charge in [0.25, 0.3) is 5.91 Å². The van der Waals surface area contributed by atoms with E-state index in [2.05, 4.69) is 41.4 Å². The van der Waals surface area contributed by atoms with Crippen LogP contribution in [0.15, 0.2) is 24.5 Å². The van der Waals surface area contributed by atoms with Crippen LogP contribution in [0.1, 0.15) is 36.7 Å². The molecule has 0 fully saturated rings. The number of anilines is 4. The van der Waals surface area contributed by atoms with Crippen LogP contribution >= 0.6 is 0 Å². The van der Waals surface area contributed by atoms with Crippen molar-refractivity contribution in [1.29, 1.82) is 0 Å². The average molecular weight is 396 g/mol. The normalized spacial score (nSPS) is 13.6. The van der Waals surface area contributed by atoms with Crippen molar-refractivity contribution in [1.82, 2.24) is 15.3 Å². The fourth-order valence-corrected chi connectivity index (χ4v) is 3.54. The summed E-state index contributed by atoms with van der Waals surface area (Å²) >= 11 is 0. The molecule has 2 aromatic rings. The van der Waals surface area contributed by atoms with Crippen molar-refractivity contribution >= 4 is 34.8 Å². The van der Waals surface area contributed by atoms with Crippen LogP contribution in [0.4, 0.5) is 23.0 Å². The largest absolute Gasteiger partial charge is 0.357 e. The van der Waals surface area contributed by atoms with E-state index in [1.165, 1.54) is 6.33 Å². The fraction of sp³-hybridized carbons (Fsp3) is 0.429. The molecular formula is C21H28N6O2. The Kier molecular flexibility index (Phi) is 5.46. The van der Waals surface area contributed by atoms with Crippen molar-refractivity contribution in [3.8, 4) is 0 Å². The Morgan fingerprint density at radius 3 is 2.69 bits per heavy atom. The summed E-state index contributed by atoms with van der Waals surface area (Å²) in [4.78, 5) is 37.4. The molecule has 2 amide bonds. The molecule has 8 heteroatoms. The van der Waals surface area contributed by atoms with Gasteiger partial charge in [-0.1, -0.05) is 26.8 Å². The monoisotopic (exact) mass is 396 g/mol. The van der Waals surface area contributed by atoms with Crippen LogP contribution in [-0.2, 0) is 4.79 Å². The van der Waals surface area contributed by atoms with Gasteiger partial charge in [0.2, 0.25) is 5.91 Å². The third-order valence-electron chi connectivity index (χ3n) is 4.69. The molecule has 154 valence electrons. The molecule has 0 aliphatic carbocycles. The van der Waals surface area contributed by atoms with E-state index in [0.717, 1.165) is 17.8 Å². The fourth-order valence-electron chi connectivity index (χ4n) is 3.54. The maximum absolute atomic E-state index is 12.5. The van der Waals surface area contributed by atoms with Crippen molar-refractivity contribution < 1.29 is 9.59 Å². The molecule has 1 aromatic carbocycles. The lowest BCUT2D eigenvalue weighted by molar-refractivity contribution is -0.115. The Labute approximate surface area is 171 Å². The van der Waals surface area contributed by atoms with Gasteiger partial charge in [-0.25, -0.2) is 9.97 Å². The van der Waals surface area contributed by atoms with E-state index in [0.29, 0.717) is 22.9 Å². The van der Waals surface area contributed by atoms with Crippen molar-refractivity contribution in [2.24, 2.45) is 5.41 Å². The predicted octanol–water partition coefficient (Wildman–Crippen LogP) is 2.72. The zero-order chi connectivity index (χ0) is 21.3. The highest BCUT2D eigenvalue weighted by Gasteiger charge is 2.30. The number of amides is 2. The van der Waals surface area contributed by atoms with E-state index in [1.807, 2.05) is 29.8 Å². The van der Waals surface area contributed by atoms with Gasteiger partial charge in [0.1, 0.15) is 18.6 Å². The minimum absolute atomic E-state index is 0.0589. The van der Waals surface area contributed by atoms with Crippen molar-refractivity contribution in [3.05, 3.63) is 35.7 Å². The Bertz CT molecular complexity index is 951. The second-order valence-electron chi connectivity index (χ2n) is 8.53. The maximum atomic E-state index is 12.5. The van der Waals surface area contributed by atoms with Gasteiger partial charge in [-0.3, -0.25) is 9.59 Å². The Morgan fingerprint density at radius 2 is 2.03 bits per heavy atom. The third kappa shape index (κ3) is 4.31. The number of fused-ring (bicyclic) bond motifs is 1. The van der Waals surface area contributed by atoms with Gasteiger partial charge in [-0.05, 0) is 30.0 Å². The molecular weight excluding hydrogens is 368 g/mol. The summed E-state index contributed by atoms with van der Waals surface area (Å²) in [6, 6.07) is 5.43. The van der Waals surface area contributed by atoms with E-state index < -0.39 is 0 Å². The molecule has 29 heavy (non-hydrogen) atoms. The molecule has 1 aliphatic heterocycles. The molecule has 0 saturated heterocycles. The second-order valence-corrected chi connectivity index (χ2v) is 8.53. The lowest BCUT2D eigenvalue weighted by Gasteiger charge is -2.34. The number of carbonyl (C=O) groups is 2. The Hall–Kier alpha value is -3.16. The van der Waals surface area contributed by atoms with Crippen LogP contribution in [0, 0.1) is 12.3 Å². The highest BCUT2D eigenvalue weighted by Crippen LogP contribution is 2.39. The maximum Gasteiger partial charge on any atom is 0.251 e. The molecule has 0 unspecified atom stereocenters. The molecule has 0 bridgehead atoms. The highest BCUT2D eigenvalue weighted by molar-refractivity contribution is 6.05. The van der Waals surface area contributed by atoms with Crippen LogP contribution < -0.4 is 20.4 Å². The third-order valence-corrected chi connectivity index (χ3v) is 4.69. The van der Waals surface area contributed by atoms with Gasteiger partial charge in [0.05, 0.1) is 0 Å². The van der Waals surface area contributed by atoms with Gasteiger partial charge in [0, 0.05) is 31.9 Å². The second kappa shape index (κ2) is 7.69. The summed E-state index contributed by atoms with van der Waals surface area (Å²) in [7, 11) is 3.55. The molecule has 0 atom stereocenters. The number of hydrogen-bond acceptors (Lipinski definition) is 6. The van der Waals surface area contributed by atoms with Gasteiger partial charge in [-0.2, -0.15) is 0 Å². The molecule has 0 saturated carbocycles. The molecule has 0 radical (unpaired) electrons. The molecule has 8 nitrogen and oxygen atoms in total. The van der Waals surface area contributed by atoms with Crippen LogP contribution in [0.3, 0.4) is 0 Å². The highest BCUT2D eigenvalue weighted by atomic mass is 16.2. The number of rotatable bonds is 4. The molecule has 1 aliphatic rings. The topological polar surface area (TPSA) is 90.5 Å². The lowest BCUT2D eigenvalue weighted by atomic mass is 9.96. The van der Waals surface area contributed by atoms with Crippen LogP contribution in [0.5, 0.6) is 0 Å². The van der Waals surface area contributed by atoms with Gasteiger partial charge in [0.15, 0.2) is 11.6 Å². The van der Waals surface area contributed by atoms with E-state index in [1.54, 1.807) is 19.2 Å². The van der Waals surface area contributed by atoms with Gasteiger partial charge >= 0.3 is 0 Å². The number of nitrogens with zero attached hydrogens (tertiary/aromatic N) is 4. The van der Waals surface area contributed by atoms with Crippen molar-refractivity contribution in [2.75, 3.05) is 42.3 Å². The molecule has 3 rings (SSSR count). The van der Waals surface area contributed by atoms with E-state index in [4.69, 9.17) is 0 Å². The summed E-state index contributed by atoms with van der Waals surface area (Å²) in [6.45, 7) is 9.27. The van der Waals surface area contributed by atoms with Gasteiger partial charge < -0.3 is 20.4 Å². The summed E-state index contributed by atoms with van der Waals surface area (Å²) in [6.07, 6.45) is 1.51. The predicted molar refractivity (Wildman–Crippen MR) is 115 cm³/mol. The number of hydrogen-bond donors (Lipinski definition) is 2. The lowest BCUT2D eigenvalue weighted by Crippen LogP contribution is -2.38. The summed E-state index contributed by atoms with van der Waals surface area (Å²) in [5.74, 6) is 0.958. The zero-order valence-electron chi connectivity index (χ0n) is 17.8. The first-order valence-electron chi connectivity index (χ1n) is 9.57. The molecule has 0 spiro atoms. The minimum Gasteiger partial charge on any atom is -0.357 e. The first-order chi connectivity index (χ1) is 13.6. The van der Waals surface area contributed by atoms with E-state index in [9.17, 15) is 9.59 Å². The number of benzene rings is 1. The first kappa shape index (κ1) is 20.6. The Morgan fingerprint density at radius 1 is 1.31 bits per heavy atom. The number of nitrogens with one attached hydrogen (secondary N) is 2. The Balaban J connectivity index is 2.09. The summed E-state index contributed by atoms with van der Waals surface area (Å²) in [5, 5.41) is 5.57. The van der Waals surface area contributed by atoms with E-state index in [-0.39, 0.29) is 23.8 Å². The molecule has 2 heterocycles. The smallest absolute Gasteiger partial charge is 0.251 e.